The van der Waals surface area contributed by atoms with Gasteiger partial charge >= 0.3 is 6.18 Å². The molecule has 116 valence electrons. The fourth-order valence-corrected chi connectivity index (χ4v) is 2.88. The molecule has 0 radical (unpaired) electrons. The van der Waals surface area contributed by atoms with Gasteiger partial charge in [0, 0.05) is 5.56 Å². The maximum atomic E-state index is 13.2. The standard InChI is InChI=1S/C14H12F3N3O2/c15-14(16,17)8-4-2-1-3-7(8)11-12-9(18-6-19-12)5-10(20-11)13(21)22/h1-4,6,10-11,20H,5H2,(H,18,19)(H,21,22)/p+1. The molecule has 1 aliphatic heterocycles. The predicted octanol–water partition coefficient (Wildman–Crippen LogP) is -0.825. The van der Waals surface area contributed by atoms with E-state index < -0.39 is 29.8 Å². The number of H-pyrrole nitrogens is 2. The van der Waals surface area contributed by atoms with E-state index in [1.165, 1.54) is 29.8 Å². The molecule has 3 rings (SSSR count). The highest BCUT2D eigenvalue weighted by Crippen LogP contribution is 2.35. The van der Waals surface area contributed by atoms with Gasteiger partial charge in [0.2, 0.25) is 12.0 Å². The molecule has 0 amide bonds. The molecule has 1 aliphatic rings. The minimum atomic E-state index is -4.50. The topological polar surface area (TPSA) is 86.7 Å². The van der Waals surface area contributed by atoms with E-state index in [4.69, 9.17) is 0 Å². The summed E-state index contributed by atoms with van der Waals surface area (Å²) in [6.07, 6.45) is -2.85. The summed E-state index contributed by atoms with van der Waals surface area (Å²) < 4.78 is 39.6. The number of alkyl halides is 3. The van der Waals surface area contributed by atoms with E-state index in [1.54, 1.807) is 0 Å². The number of hydrogen-bond donors (Lipinski definition) is 2. The van der Waals surface area contributed by atoms with Gasteiger partial charge < -0.3 is 15.2 Å². The lowest BCUT2D eigenvalue weighted by Gasteiger charge is -2.27. The van der Waals surface area contributed by atoms with Crippen molar-refractivity contribution < 1.29 is 33.4 Å². The minimum Gasteiger partial charge on any atom is -0.544 e. The Morgan fingerprint density at radius 3 is 2.77 bits per heavy atom. The average molecular weight is 312 g/mol. The number of nitrogens with one attached hydrogen (secondary N) is 2. The van der Waals surface area contributed by atoms with Gasteiger partial charge in [0.05, 0.1) is 18.0 Å². The molecule has 1 aromatic carbocycles. The quantitative estimate of drug-likeness (QED) is 0.759. The summed E-state index contributed by atoms with van der Waals surface area (Å²) >= 11 is 0. The number of nitrogens with two attached hydrogens (primary N) is 1. The average Bonchev–Trinajstić information content (AvgIpc) is 2.93. The third-order valence-electron chi connectivity index (χ3n) is 3.86. The van der Waals surface area contributed by atoms with Crippen LogP contribution in [0.1, 0.15) is 28.6 Å². The van der Waals surface area contributed by atoms with Crippen molar-refractivity contribution in [3.8, 4) is 0 Å². The summed E-state index contributed by atoms with van der Waals surface area (Å²) in [6.45, 7) is 0. The van der Waals surface area contributed by atoms with Crippen molar-refractivity contribution in [1.29, 1.82) is 0 Å². The molecule has 0 saturated heterocycles. The van der Waals surface area contributed by atoms with Crippen LogP contribution in [0.25, 0.3) is 0 Å². The molecule has 2 unspecified atom stereocenters. The van der Waals surface area contributed by atoms with Crippen molar-refractivity contribution in [2.24, 2.45) is 0 Å². The molecule has 2 atom stereocenters. The fourth-order valence-electron chi connectivity index (χ4n) is 2.88. The van der Waals surface area contributed by atoms with Crippen LogP contribution >= 0.6 is 0 Å². The van der Waals surface area contributed by atoms with E-state index in [-0.39, 0.29) is 12.0 Å². The lowest BCUT2D eigenvalue weighted by Crippen LogP contribution is -2.96. The molecular weight excluding hydrogens is 299 g/mol. The smallest absolute Gasteiger partial charge is 0.416 e. The van der Waals surface area contributed by atoms with Crippen molar-refractivity contribution in [3.05, 3.63) is 53.1 Å². The van der Waals surface area contributed by atoms with E-state index in [0.29, 0.717) is 11.4 Å². The zero-order chi connectivity index (χ0) is 15.9. The van der Waals surface area contributed by atoms with Gasteiger partial charge in [0.15, 0.2) is 11.7 Å². The second kappa shape index (κ2) is 5.13. The van der Waals surface area contributed by atoms with Gasteiger partial charge in [-0.05, 0) is 6.07 Å². The summed E-state index contributed by atoms with van der Waals surface area (Å²) in [5.74, 6) is -1.30. The number of quaternary nitrogens is 1. The third kappa shape index (κ3) is 2.45. The molecule has 0 aliphatic carbocycles. The highest BCUT2D eigenvalue weighted by molar-refractivity contribution is 5.70. The van der Waals surface area contributed by atoms with Crippen LogP contribution in [0.3, 0.4) is 0 Å². The zero-order valence-corrected chi connectivity index (χ0v) is 11.3. The van der Waals surface area contributed by atoms with Crippen LogP contribution in [0.2, 0.25) is 0 Å². The second-order valence-corrected chi connectivity index (χ2v) is 5.21. The van der Waals surface area contributed by atoms with Crippen LogP contribution in [0.15, 0.2) is 30.6 Å². The van der Waals surface area contributed by atoms with Crippen LogP contribution in [-0.4, -0.2) is 17.0 Å². The van der Waals surface area contributed by atoms with Crippen molar-refractivity contribution in [3.63, 3.8) is 0 Å². The molecule has 2 aromatic rings. The Labute approximate surface area is 123 Å². The summed E-state index contributed by atoms with van der Waals surface area (Å²) in [5, 5.41) is 12.6. The van der Waals surface area contributed by atoms with Gasteiger partial charge in [0.25, 0.3) is 0 Å². The summed E-state index contributed by atoms with van der Waals surface area (Å²) in [5.41, 5.74) is 0.390. The molecule has 0 bridgehead atoms. The van der Waals surface area contributed by atoms with Gasteiger partial charge in [-0.2, -0.15) is 13.2 Å². The second-order valence-electron chi connectivity index (χ2n) is 5.21. The van der Waals surface area contributed by atoms with Crippen LogP contribution in [0, 0.1) is 0 Å². The van der Waals surface area contributed by atoms with Gasteiger partial charge in [0.1, 0.15) is 6.04 Å². The molecule has 8 heteroatoms. The Balaban J connectivity index is 2.11. The zero-order valence-electron chi connectivity index (χ0n) is 11.3. The number of benzene rings is 1. The molecule has 0 saturated carbocycles. The van der Waals surface area contributed by atoms with Crippen molar-refractivity contribution in [2.75, 3.05) is 0 Å². The molecule has 2 heterocycles. The summed E-state index contributed by atoms with van der Waals surface area (Å²) in [6, 6.07) is 3.46. The van der Waals surface area contributed by atoms with Crippen LogP contribution in [0.5, 0.6) is 0 Å². The Morgan fingerprint density at radius 2 is 2.09 bits per heavy atom. The predicted molar refractivity (Wildman–Crippen MR) is 65.1 cm³/mol. The lowest BCUT2D eigenvalue weighted by atomic mass is 9.91. The van der Waals surface area contributed by atoms with Gasteiger partial charge in [-0.15, -0.1) is 0 Å². The number of aromatic nitrogens is 2. The first-order chi connectivity index (χ1) is 10.4. The number of rotatable bonds is 2. The number of aromatic amines is 2. The monoisotopic (exact) mass is 312 g/mol. The van der Waals surface area contributed by atoms with E-state index >= 15 is 0 Å². The van der Waals surface area contributed by atoms with Gasteiger partial charge in [-0.25, -0.2) is 9.97 Å². The Bertz CT molecular complexity index is 711. The SMILES string of the molecule is O=C([O-])C1Cc2[nH]c[nH+]c2C(c2ccccc2C(F)(F)F)[NH2+]1. The van der Waals surface area contributed by atoms with Crippen molar-refractivity contribution >= 4 is 5.97 Å². The first kappa shape index (κ1) is 14.6. The number of carboxylic acids is 1. The van der Waals surface area contributed by atoms with Crippen LogP contribution in [0.4, 0.5) is 13.2 Å². The number of imidazole rings is 1. The van der Waals surface area contributed by atoms with Crippen LogP contribution < -0.4 is 15.4 Å². The molecule has 5 nitrogen and oxygen atoms in total. The van der Waals surface area contributed by atoms with Crippen molar-refractivity contribution in [1.82, 2.24) is 4.98 Å². The third-order valence-corrected chi connectivity index (χ3v) is 3.86. The first-order valence-corrected chi connectivity index (χ1v) is 6.67. The summed E-state index contributed by atoms with van der Waals surface area (Å²) in [7, 11) is 0. The van der Waals surface area contributed by atoms with E-state index in [0.717, 1.165) is 6.07 Å². The number of halogens is 3. The molecular formula is C14H13F3N3O2+. The van der Waals surface area contributed by atoms with Gasteiger partial charge in [-0.3, -0.25) is 0 Å². The Hall–Kier alpha value is -2.35. The Morgan fingerprint density at radius 1 is 1.36 bits per heavy atom. The maximum Gasteiger partial charge on any atom is 0.416 e. The highest BCUT2D eigenvalue weighted by atomic mass is 19.4. The highest BCUT2D eigenvalue weighted by Gasteiger charge is 2.42. The largest absolute Gasteiger partial charge is 0.544 e. The van der Waals surface area contributed by atoms with Gasteiger partial charge in [-0.1, -0.05) is 18.2 Å². The Kier molecular flexibility index (Phi) is 3.40. The number of carboxylic acid groups (broad SMARTS) is 1. The lowest BCUT2D eigenvalue weighted by molar-refractivity contribution is -0.726. The molecule has 22 heavy (non-hydrogen) atoms. The number of carbonyl (C=O) groups excluding carboxylic acids is 1. The first-order valence-electron chi connectivity index (χ1n) is 6.67. The van der Waals surface area contributed by atoms with E-state index in [1.807, 2.05) is 0 Å². The van der Waals surface area contributed by atoms with Crippen LogP contribution in [-0.2, 0) is 17.4 Å². The molecule has 0 fully saturated rings. The minimum absolute atomic E-state index is 0.0260. The number of carbonyl (C=O) groups is 1. The summed E-state index contributed by atoms with van der Waals surface area (Å²) in [4.78, 5) is 16.9. The molecule has 4 N–H and O–H groups in total. The number of fused-ring (bicyclic) bond motifs is 1. The van der Waals surface area contributed by atoms with E-state index in [9.17, 15) is 23.1 Å². The fraction of sp³-hybridized carbons (Fsp3) is 0.286. The van der Waals surface area contributed by atoms with E-state index in [2.05, 4.69) is 9.97 Å². The number of hydrogen-bond acceptors (Lipinski definition) is 2. The number of aliphatic carboxylic acids is 1. The molecule has 1 aromatic heterocycles. The van der Waals surface area contributed by atoms with Crippen molar-refractivity contribution in [2.45, 2.75) is 24.7 Å². The maximum absolute atomic E-state index is 13.2. The molecule has 0 spiro atoms. The normalized spacial score (nSPS) is 21.4.